The topological polar surface area (TPSA) is 60.6 Å². The van der Waals surface area contributed by atoms with E-state index in [0.717, 1.165) is 0 Å². The molecule has 0 radical (unpaired) electrons. The van der Waals surface area contributed by atoms with E-state index in [1.54, 1.807) is 0 Å². The quantitative estimate of drug-likeness (QED) is 0.338. The minimum absolute atomic E-state index is 0.0264. The third kappa shape index (κ3) is 2.05. The van der Waals surface area contributed by atoms with Crippen molar-refractivity contribution >= 4 is 17.4 Å². The van der Waals surface area contributed by atoms with Crippen LogP contribution in [-0.4, -0.2) is 12.9 Å². The standard InChI is InChI=1S/C8H8ClFN4/c1-12-14-8(13-11)7-5(9)3-2-4-6(7)10/h2-4,11-12H,1H3/b13-11?,14-8-. The van der Waals surface area contributed by atoms with Crippen molar-refractivity contribution in [2.75, 3.05) is 7.05 Å². The van der Waals surface area contributed by atoms with Crippen molar-refractivity contribution in [1.82, 2.24) is 5.43 Å². The SMILES string of the molecule is CN/N=C(\N=N)c1c(F)cccc1Cl. The molecule has 0 aliphatic carbocycles. The van der Waals surface area contributed by atoms with Gasteiger partial charge in [-0.1, -0.05) is 17.7 Å². The number of hydrazone groups is 1. The van der Waals surface area contributed by atoms with Crippen molar-refractivity contribution in [2.45, 2.75) is 0 Å². The molecule has 0 spiro atoms. The van der Waals surface area contributed by atoms with Gasteiger partial charge in [0.25, 0.3) is 0 Å². The molecule has 0 fully saturated rings. The Hall–Kier alpha value is -1.49. The molecular formula is C8H8ClFN4. The van der Waals surface area contributed by atoms with Crippen LogP contribution in [0.1, 0.15) is 5.56 Å². The molecule has 0 aliphatic rings. The van der Waals surface area contributed by atoms with Crippen LogP contribution >= 0.6 is 11.6 Å². The van der Waals surface area contributed by atoms with Crippen molar-refractivity contribution in [3.05, 3.63) is 34.6 Å². The highest BCUT2D eigenvalue weighted by Crippen LogP contribution is 2.20. The van der Waals surface area contributed by atoms with Crippen LogP contribution in [0.3, 0.4) is 0 Å². The Morgan fingerprint density at radius 2 is 2.29 bits per heavy atom. The Kier molecular flexibility index (Phi) is 3.53. The average molecular weight is 215 g/mol. The third-order valence-corrected chi connectivity index (χ3v) is 1.82. The van der Waals surface area contributed by atoms with Crippen LogP contribution in [0.15, 0.2) is 28.4 Å². The summed E-state index contributed by atoms with van der Waals surface area (Å²) in [6.07, 6.45) is 0. The number of nitrogens with one attached hydrogen (secondary N) is 2. The number of rotatable bonds is 2. The van der Waals surface area contributed by atoms with E-state index in [1.165, 1.54) is 25.2 Å². The minimum atomic E-state index is -0.553. The maximum absolute atomic E-state index is 13.3. The van der Waals surface area contributed by atoms with E-state index in [4.69, 9.17) is 17.1 Å². The van der Waals surface area contributed by atoms with Gasteiger partial charge >= 0.3 is 0 Å². The lowest BCUT2D eigenvalue weighted by molar-refractivity contribution is 0.624. The Morgan fingerprint density at radius 1 is 1.57 bits per heavy atom. The van der Waals surface area contributed by atoms with E-state index in [-0.39, 0.29) is 16.4 Å². The van der Waals surface area contributed by atoms with Crippen molar-refractivity contribution in [2.24, 2.45) is 10.2 Å². The normalized spacial score (nSPS) is 11.2. The molecule has 74 valence electrons. The summed E-state index contributed by atoms with van der Waals surface area (Å²) in [6.45, 7) is 0. The van der Waals surface area contributed by atoms with E-state index in [1.807, 2.05) is 0 Å². The van der Waals surface area contributed by atoms with E-state index in [2.05, 4.69) is 15.6 Å². The molecule has 1 rings (SSSR count). The molecule has 0 aromatic heterocycles. The van der Waals surface area contributed by atoms with Crippen LogP contribution in [0.5, 0.6) is 0 Å². The van der Waals surface area contributed by atoms with Crippen molar-refractivity contribution < 1.29 is 4.39 Å². The molecular weight excluding hydrogens is 207 g/mol. The molecule has 0 atom stereocenters. The van der Waals surface area contributed by atoms with Crippen LogP contribution in [-0.2, 0) is 0 Å². The summed E-state index contributed by atoms with van der Waals surface area (Å²) in [6, 6.07) is 4.22. The zero-order chi connectivity index (χ0) is 10.6. The van der Waals surface area contributed by atoms with Gasteiger partial charge in [0.2, 0.25) is 5.84 Å². The fourth-order valence-electron chi connectivity index (χ4n) is 0.954. The van der Waals surface area contributed by atoms with Gasteiger partial charge < -0.3 is 5.43 Å². The van der Waals surface area contributed by atoms with Gasteiger partial charge in [0.05, 0.1) is 10.6 Å². The van der Waals surface area contributed by atoms with Gasteiger partial charge in [-0.05, 0) is 12.1 Å². The first-order chi connectivity index (χ1) is 6.70. The molecule has 0 aliphatic heterocycles. The molecule has 0 bridgehead atoms. The number of halogens is 2. The van der Waals surface area contributed by atoms with Crippen LogP contribution in [0.2, 0.25) is 5.02 Å². The van der Waals surface area contributed by atoms with Gasteiger partial charge in [-0.3, -0.25) is 0 Å². The van der Waals surface area contributed by atoms with Crippen LogP contribution in [0.25, 0.3) is 0 Å². The fourth-order valence-corrected chi connectivity index (χ4v) is 1.20. The fraction of sp³-hybridized carbons (Fsp3) is 0.125. The number of nitrogens with zero attached hydrogens (tertiary/aromatic N) is 2. The summed E-state index contributed by atoms with van der Waals surface area (Å²) < 4.78 is 13.3. The lowest BCUT2D eigenvalue weighted by atomic mass is 10.2. The highest BCUT2D eigenvalue weighted by molar-refractivity contribution is 6.34. The first kappa shape index (κ1) is 10.6. The molecule has 0 unspecified atom stereocenters. The minimum Gasteiger partial charge on any atom is -0.311 e. The number of amidine groups is 1. The van der Waals surface area contributed by atoms with E-state index >= 15 is 0 Å². The molecule has 6 heteroatoms. The van der Waals surface area contributed by atoms with Gasteiger partial charge in [0.1, 0.15) is 5.82 Å². The largest absolute Gasteiger partial charge is 0.311 e. The zero-order valence-corrected chi connectivity index (χ0v) is 8.14. The van der Waals surface area contributed by atoms with E-state index in [9.17, 15) is 4.39 Å². The lowest BCUT2D eigenvalue weighted by Gasteiger charge is -2.03. The van der Waals surface area contributed by atoms with Crippen molar-refractivity contribution in [3.63, 3.8) is 0 Å². The van der Waals surface area contributed by atoms with Crippen LogP contribution in [0.4, 0.5) is 4.39 Å². The molecule has 4 nitrogen and oxygen atoms in total. The highest BCUT2D eigenvalue weighted by atomic mass is 35.5. The van der Waals surface area contributed by atoms with Crippen molar-refractivity contribution in [1.29, 1.82) is 5.53 Å². The second kappa shape index (κ2) is 4.66. The number of benzene rings is 1. The first-order valence-corrected chi connectivity index (χ1v) is 4.14. The van der Waals surface area contributed by atoms with E-state index in [0.29, 0.717) is 0 Å². The Bertz CT molecular complexity index is 357. The van der Waals surface area contributed by atoms with Gasteiger partial charge in [-0.25, -0.2) is 9.92 Å². The summed E-state index contributed by atoms with van der Waals surface area (Å²) in [5.41, 5.74) is 9.27. The predicted octanol–water partition coefficient (Wildman–Crippen LogP) is 2.39. The van der Waals surface area contributed by atoms with Crippen LogP contribution in [0, 0.1) is 11.3 Å². The summed E-state index contributed by atoms with van der Waals surface area (Å²) in [7, 11) is 1.53. The summed E-state index contributed by atoms with van der Waals surface area (Å²) in [5, 5.41) is 6.88. The number of hydrogen-bond donors (Lipinski definition) is 2. The molecule has 0 saturated carbocycles. The van der Waals surface area contributed by atoms with Gasteiger partial charge in [-0.2, -0.15) is 5.10 Å². The predicted molar refractivity (Wildman–Crippen MR) is 52.2 cm³/mol. The number of hydrogen-bond acceptors (Lipinski definition) is 3. The monoisotopic (exact) mass is 214 g/mol. The highest BCUT2D eigenvalue weighted by Gasteiger charge is 2.12. The molecule has 0 saturated heterocycles. The zero-order valence-electron chi connectivity index (χ0n) is 7.38. The van der Waals surface area contributed by atoms with Crippen LogP contribution < -0.4 is 5.43 Å². The second-order valence-electron chi connectivity index (χ2n) is 2.37. The molecule has 2 N–H and O–H groups in total. The first-order valence-electron chi connectivity index (χ1n) is 3.77. The van der Waals surface area contributed by atoms with E-state index < -0.39 is 5.82 Å². The van der Waals surface area contributed by atoms with Gasteiger partial charge in [0.15, 0.2) is 0 Å². The molecule has 1 aromatic carbocycles. The molecule has 0 amide bonds. The summed E-state index contributed by atoms with van der Waals surface area (Å²) in [4.78, 5) is 0. The maximum atomic E-state index is 13.3. The summed E-state index contributed by atoms with van der Waals surface area (Å²) in [5.74, 6) is -0.641. The average Bonchev–Trinajstić information content (AvgIpc) is 2.16. The van der Waals surface area contributed by atoms with Gasteiger partial charge in [-0.15, -0.1) is 5.11 Å². The molecule has 1 aromatic rings. The molecule has 0 heterocycles. The third-order valence-electron chi connectivity index (χ3n) is 1.51. The van der Waals surface area contributed by atoms with Gasteiger partial charge in [0, 0.05) is 7.05 Å². The lowest BCUT2D eigenvalue weighted by Crippen LogP contribution is -2.07. The smallest absolute Gasteiger partial charge is 0.204 e. The summed E-state index contributed by atoms with van der Waals surface area (Å²) >= 11 is 5.75. The Balaban J connectivity index is 3.29. The van der Waals surface area contributed by atoms with Crippen molar-refractivity contribution in [3.8, 4) is 0 Å². The Morgan fingerprint density at radius 3 is 2.79 bits per heavy atom. The maximum Gasteiger partial charge on any atom is 0.204 e. The molecule has 14 heavy (non-hydrogen) atoms. The Labute approximate surface area is 85.3 Å². The second-order valence-corrected chi connectivity index (χ2v) is 2.77.